The third-order valence-corrected chi connectivity index (χ3v) is 8.04. The van der Waals surface area contributed by atoms with E-state index in [1.165, 1.54) is 22.4 Å². The third kappa shape index (κ3) is 6.45. The van der Waals surface area contributed by atoms with Gasteiger partial charge in [-0.3, -0.25) is 9.59 Å². The standard InChI is InChI=1S/C23H17F6N3O4S3/c24-22(25,26)13-4-11(5-14(7-13)23(27,28)29)12-6-15(38-10-12)8-17-19(34)32(21(37)39-17)30-9-18(33)31-3-1-2-16(31)20(35)36/h4-8,10,16,30H,1-3,9H2,(H,35,36)/b17-8-. The van der Waals surface area contributed by atoms with Gasteiger partial charge in [0.1, 0.15) is 6.04 Å². The van der Waals surface area contributed by atoms with Gasteiger partial charge in [0.05, 0.1) is 22.6 Å². The van der Waals surface area contributed by atoms with Gasteiger partial charge in [0.2, 0.25) is 5.91 Å². The minimum atomic E-state index is -4.99. The number of hydrogen-bond acceptors (Lipinski definition) is 7. The van der Waals surface area contributed by atoms with Crippen molar-refractivity contribution in [2.75, 3.05) is 13.1 Å². The maximum Gasteiger partial charge on any atom is 0.416 e. The van der Waals surface area contributed by atoms with Gasteiger partial charge in [-0.1, -0.05) is 24.0 Å². The van der Waals surface area contributed by atoms with Crippen LogP contribution in [-0.2, 0) is 26.7 Å². The predicted octanol–water partition coefficient (Wildman–Crippen LogP) is 5.23. The summed E-state index contributed by atoms with van der Waals surface area (Å²) in [5.41, 5.74) is -0.479. The fourth-order valence-electron chi connectivity index (χ4n) is 4.00. The summed E-state index contributed by atoms with van der Waals surface area (Å²) < 4.78 is 79.3. The van der Waals surface area contributed by atoms with Gasteiger partial charge in [-0.05, 0) is 59.7 Å². The van der Waals surface area contributed by atoms with Crippen molar-refractivity contribution in [1.29, 1.82) is 0 Å². The van der Waals surface area contributed by atoms with E-state index in [0.29, 0.717) is 29.9 Å². The van der Waals surface area contributed by atoms with Crippen LogP contribution in [0, 0.1) is 0 Å². The average Bonchev–Trinajstić information content (AvgIpc) is 3.57. The van der Waals surface area contributed by atoms with Crippen molar-refractivity contribution in [3.63, 3.8) is 0 Å². The maximum atomic E-state index is 13.2. The summed E-state index contributed by atoms with van der Waals surface area (Å²) in [5, 5.41) is 11.6. The molecule has 1 unspecified atom stereocenters. The lowest BCUT2D eigenvalue weighted by Gasteiger charge is -2.23. The molecule has 39 heavy (non-hydrogen) atoms. The number of rotatable bonds is 6. The number of nitrogens with zero attached hydrogens (tertiary/aromatic N) is 2. The summed E-state index contributed by atoms with van der Waals surface area (Å²) in [4.78, 5) is 38.3. The van der Waals surface area contributed by atoms with Gasteiger partial charge in [0, 0.05) is 11.4 Å². The number of amides is 2. The van der Waals surface area contributed by atoms with E-state index in [1.807, 2.05) is 0 Å². The van der Waals surface area contributed by atoms with Gasteiger partial charge >= 0.3 is 18.3 Å². The van der Waals surface area contributed by atoms with Gasteiger partial charge in [0.15, 0.2) is 4.32 Å². The second-order valence-corrected chi connectivity index (χ2v) is 11.1. The Kier molecular flexibility index (Phi) is 8.12. The lowest BCUT2D eigenvalue weighted by atomic mass is 10.0. The zero-order valence-corrected chi connectivity index (χ0v) is 21.9. The van der Waals surface area contributed by atoms with Crippen LogP contribution >= 0.6 is 35.3 Å². The topological polar surface area (TPSA) is 89.9 Å². The molecule has 0 radical (unpaired) electrons. The van der Waals surface area contributed by atoms with E-state index in [9.17, 15) is 45.8 Å². The molecule has 0 bridgehead atoms. The molecular formula is C23H17F6N3O4S3. The summed E-state index contributed by atoms with van der Waals surface area (Å²) in [5.74, 6) is -2.27. The number of likely N-dealkylation sites (tertiary alicyclic amines) is 1. The van der Waals surface area contributed by atoms with E-state index in [4.69, 9.17) is 12.2 Å². The number of carbonyl (C=O) groups excluding carboxylic acids is 2. The highest BCUT2D eigenvalue weighted by Gasteiger charge is 2.38. The van der Waals surface area contributed by atoms with Crippen LogP contribution in [0.15, 0.2) is 34.6 Å². The van der Waals surface area contributed by atoms with Crippen LogP contribution < -0.4 is 5.43 Å². The zero-order valence-electron chi connectivity index (χ0n) is 19.4. The lowest BCUT2D eigenvalue weighted by Crippen LogP contribution is -2.49. The molecule has 1 aromatic heterocycles. The molecule has 2 N–H and O–H groups in total. The highest BCUT2D eigenvalue weighted by Crippen LogP contribution is 2.40. The number of hydrazine groups is 1. The fourth-order valence-corrected chi connectivity index (χ4v) is 6.14. The number of carboxylic acids is 1. The third-order valence-electron chi connectivity index (χ3n) is 5.85. The number of halogens is 6. The normalized spacial score (nSPS) is 19.4. The Hall–Kier alpha value is -2.95. The number of thiophene rings is 1. The van der Waals surface area contributed by atoms with Crippen molar-refractivity contribution in [1.82, 2.24) is 15.3 Å². The first-order chi connectivity index (χ1) is 18.1. The van der Waals surface area contributed by atoms with Crippen LogP contribution in [0.1, 0.15) is 28.8 Å². The SMILES string of the molecule is O=C(O)C1CCCN1C(=O)CNN1C(=O)/C(=C/c2cc(-c3cc(C(F)(F)F)cc(C(F)(F)F)c3)cs2)SC1=S. The molecule has 2 aliphatic heterocycles. The van der Waals surface area contributed by atoms with E-state index in [1.54, 1.807) is 0 Å². The number of aliphatic carboxylic acids is 1. The van der Waals surface area contributed by atoms with Crippen LogP contribution in [0.4, 0.5) is 26.3 Å². The summed E-state index contributed by atoms with van der Waals surface area (Å²) in [6.07, 6.45) is -7.73. The van der Waals surface area contributed by atoms with Crippen LogP contribution in [0.5, 0.6) is 0 Å². The first-order valence-corrected chi connectivity index (χ1v) is 13.2. The molecule has 7 nitrogen and oxygen atoms in total. The van der Waals surface area contributed by atoms with Crippen LogP contribution in [0.25, 0.3) is 17.2 Å². The van der Waals surface area contributed by atoms with E-state index in [2.05, 4.69) is 5.43 Å². The molecule has 4 rings (SSSR count). The number of thiocarbonyl (C=S) groups is 1. The van der Waals surface area contributed by atoms with Gasteiger partial charge in [-0.15, -0.1) is 11.3 Å². The van der Waals surface area contributed by atoms with Crippen molar-refractivity contribution in [3.8, 4) is 11.1 Å². The minimum absolute atomic E-state index is 0.0470. The second-order valence-electron chi connectivity index (χ2n) is 8.47. The van der Waals surface area contributed by atoms with Gasteiger partial charge in [-0.25, -0.2) is 15.2 Å². The lowest BCUT2D eigenvalue weighted by molar-refractivity contribution is -0.148. The number of hydrogen-bond donors (Lipinski definition) is 2. The molecule has 0 saturated carbocycles. The Morgan fingerprint density at radius 1 is 1.08 bits per heavy atom. The molecule has 2 aliphatic rings. The monoisotopic (exact) mass is 609 g/mol. The smallest absolute Gasteiger partial charge is 0.416 e. The number of carboxylic acid groups (broad SMARTS) is 1. The fraction of sp³-hybridized carbons (Fsp3) is 0.304. The summed E-state index contributed by atoms with van der Waals surface area (Å²) >= 11 is 7.06. The summed E-state index contributed by atoms with van der Waals surface area (Å²) in [6.45, 7) is -0.115. The number of benzene rings is 1. The van der Waals surface area contributed by atoms with Crippen molar-refractivity contribution < 1.29 is 45.8 Å². The molecule has 2 saturated heterocycles. The Balaban J connectivity index is 1.50. The number of thioether (sulfide) groups is 1. The van der Waals surface area contributed by atoms with Gasteiger partial charge in [-0.2, -0.15) is 26.3 Å². The van der Waals surface area contributed by atoms with E-state index in [0.717, 1.165) is 28.1 Å². The molecule has 2 aromatic rings. The Morgan fingerprint density at radius 2 is 1.72 bits per heavy atom. The predicted molar refractivity (Wildman–Crippen MR) is 135 cm³/mol. The van der Waals surface area contributed by atoms with Crippen molar-refractivity contribution in [3.05, 3.63) is 50.6 Å². The molecule has 208 valence electrons. The molecule has 16 heteroatoms. The Bertz CT molecular complexity index is 1340. The molecule has 1 aromatic carbocycles. The highest BCUT2D eigenvalue weighted by molar-refractivity contribution is 8.26. The van der Waals surface area contributed by atoms with E-state index >= 15 is 0 Å². The van der Waals surface area contributed by atoms with Crippen LogP contribution in [0.2, 0.25) is 0 Å². The zero-order chi connectivity index (χ0) is 28.7. The number of alkyl halides is 6. The van der Waals surface area contributed by atoms with E-state index < -0.39 is 47.3 Å². The quantitative estimate of drug-likeness (QED) is 0.263. The van der Waals surface area contributed by atoms with E-state index in [-0.39, 0.29) is 39.5 Å². The molecular weight excluding hydrogens is 592 g/mol. The first kappa shape index (κ1) is 29.0. The second kappa shape index (κ2) is 10.9. The molecule has 3 heterocycles. The molecule has 2 amide bonds. The first-order valence-electron chi connectivity index (χ1n) is 11.1. The molecule has 0 spiro atoms. The number of carbonyl (C=O) groups is 3. The van der Waals surface area contributed by atoms with Gasteiger partial charge < -0.3 is 10.0 Å². The molecule has 1 atom stereocenters. The Labute approximate surface area is 230 Å². The van der Waals surface area contributed by atoms with Crippen molar-refractivity contribution in [2.24, 2.45) is 0 Å². The number of nitrogens with one attached hydrogen (secondary N) is 1. The largest absolute Gasteiger partial charge is 0.480 e. The van der Waals surface area contributed by atoms with Crippen molar-refractivity contribution in [2.45, 2.75) is 31.2 Å². The molecule has 0 aliphatic carbocycles. The Morgan fingerprint density at radius 3 is 2.31 bits per heavy atom. The average molecular weight is 610 g/mol. The highest BCUT2D eigenvalue weighted by atomic mass is 32.2. The summed E-state index contributed by atoms with van der Waals surface area (Å²) in [6, 6.07) is 1.70. The van der Waals surface area contributed by atoms with Crippen LogP contribution in [-0.4, -0.2) is 56.3 Å². The van der Waals surface area contributed by atoms with Crippen LogP contribution in [0.3, 0.4) is 0 Å². The molecule has 2 fully saturated rings. The van der Waals surface area contributed by atoms with Gasteiger partial charge in [0.25, 0.3) is 5.91 Å². The maximum absolute atomic E-state index is 13.2. The minimum Gasteiger partial charge on any atom is -0.480 e. The van der Waals surface area contributed by atoms with Crippen molar-refractivity contribution >= 4 is 63.5 Å². The summed E-state index contributed by atoms with van der Waals surface area (Å²) in [7, 11) is 0.